The lowest BCUT2D eigenvalue weighted by Gasteiger charge is -2.09. The van der Waals surface area contributed by atoms with Crippen LogP contribution in [0.4, 0.5) is 8.78 Å². The van der Waals surface area contributed by atoms with E-state index in [0.717, 1.165) is 0 Å². The molecule has 0 bridgehead atoms. The molecule has 76 valence electrons. The molecule has 0 atom stereocenters. The van der Waals surface area contributed by atoms with E-state index in [4.69, 9.17) is 11.6 Å². The molecule has 0 N–H and O–H groups in total. The Morgan fingerprint density at radius 2 is 2.21 bits per heavy atom. The van der Waals surface area contributed by atoms with Crippen LogP contribution in [0.3, 0.4) is 0 Å². The van der Waals surface area contributed by atoms with Crippen molar-refractivity contribution in [3.8, 4) is 0 Å². The minimum absolute atomic E-state index is 0.0853. The van der Waals surface area contributed by atoms with Gasteiger partial charge in [0.2, 0.25) is 0 Å². The van der Waals surface area contributed by atoms with Gasteiger partial charge in [-0.1, -0.05) is 0 Å². The number of aryl methyl sites for hydroxylation is 1. The molecule has 0 unspecified atom stereocenters. The summed E-state index contributed by atoms with van der Waals surface area (Å²) in [7, 11) is 0. The van der Waals surface area contributed by atoms with Crippen LogP contribution in [0.5, 0.6) is 0 Å². The van der Waals surface area contributed by atoms with Crippen molar-refractivity contribution in [1.82, 2.24) is 4.98 Å². The molecule has 1 aromatic heterocycles. The molecule has 0 radical (unpaired) electrons. The zero-order valence-corrected chi connectivity index (χ0v) is 9.36. The third-order valence-electron chi connectivity index (χ3n) is 1.67. The predicted molar refractivity (Wildman–Crippen MR) is 51.8 cm³/mol. The monoisotopic (exact) mass is 283 g/mol. The van der Waals surface area contributed by atoms with Gasteiger partial charge in [-0.2, -0.15) is 0 Å². The van der Waals surface area contributed by atoms with Crippen LogP contribution in [0.25, 0.3) is 0 Å². The highest BCUT2D eigenvalue weighted by Gasteiger charge is 2.23. The van der Waals surface area contributed by atoms with Crippen LogP contribution in [0, 0.1) is 6.92 Å². The first-order valence-corrected chi connectivity index (χ1v) is 4.75. The molecule has 0 saturated heterocycles. The molecule has 0 saturated carbocycles. The van der Waals surface area contributed by atoms with E-state index >= 15 is 0 Å². The normalized spacial score (nSPS) is 10.7. The maximum atomic E-state index is 12.6. The average molecular weight is 284 g/mol. The molecule has 1 rings (SSSR count). The third kappa shape index (κ3) is 2.09. The van der Waals surface area contributed by atoms with Crippen molar-refractivity contribution in [3.05, 3.63) is 27.5 Å². The zero-order valence-electron chi connectivity index (χ0n) is 7.02. The topological polar surface area (TPSA) is 30.0 Å². The summed E-state index contributed by atoms with van der Waals surface area (Å²) < 4.78 is 25.2. The first-order chi connectivity index (χ1) is 6.45. The van der Waals surface area contributed by atoms with Gasteiger partial charge >= 0.3 is 0 Å². The van der Waals surface area contributed by atoms with Gasteiger partial charge < -0.3 is 0 Å². The second kappa shape index (κ2) is 4.31. The summed E-state index contributed by atoms with van der Waals surface area (Å²) in [6.07, 6.45) is -1.54. The summed E-state index contributed by atoms with van der Waals surface area (Å²) in [6.45, 7) is 1.45. The third-order valence-corrected chi connectivity index (χ3v) is 2.50. The highest BCUT2D eigenvalue weighted by molar-refractivity contribution is 9.10. The maximum Gasteiger partial charge on any atom is 0.265 e. The number of rotatable bonds is 2. The number of halogens is 4. The molecule has 0 aromatic carbocycles. The molecular formula is C8H5BrClF2NO. The Labute approximate surface area is 92.4 Å². The second-order valence-corrected chi connectivity index (χ2v) is 3.75. The number of carbonyl (C=O) groups excluding carboxylic acids is 1. The van der Waals surface area contributed by atoms with Gasteiger partial charge in [-0.3, -0.25) is 9.78 Å². The van der Waals surface area contributed by atoms with Gasteiger partial charge in [-0.25, -0.2) is 8.78 Å². The van der Waals surface area contributed by atoms with Gasteiger partial charge in [-0.15, -0.1) is 0 Å². The van der Waals surface area contributed by atoms with Crippen molar-refractivity contribution in [2.45, 2.75) is 13.3 Å². The van der Waals surface area contributed by atoms with Crippen LogP contribution in [0.15, 0.2) is 10.7 Å². The molecule has 0 aliphatic carbocycles. The van der Waals surface area contributed by atoms with E-state index in [9.17, 15) is 13.6 Å². The van der Waals surface area contributed by atoms with E-state index in [0.29, 0.717) is 0 Å². The summed E-state index contributed by atoms with van der Waals surface area (Å²) in [5, 5.41) is -0.924. The second-order valence-electron chi connectivity index (χ2n) is 2.55. The minimum Gasteiger partial charge on any atom is -0.276 e. The van der Waals surface area contributed by atoms with Crippen LogP contribution in [0.1, 0.15) is 28.0 Å². The van der Waals surface area contributed by atoms with Crippen molar-refractivity contribution in [1.29, 1.82) is 0 Å². The van der Waals surface area contributed by atoms with Crippen LogP contribution < -0.4 is 0 Å². The molecule has 0 spiro atoms. The number of carbonyl (C=O) groups is 1. The number of pyridine rings is 1. The van der Waals surface area contributed by atoms with Crippen LogP contribution >= 0.6 is 27.5 Å². The van der Waals surface area contributed by atoms with Gasteiger partial charge in [0.05, 0.1) is 5.56 Å². The standard InChI is InChI=1S/C8H5BrClF2NO/c1-3-5(7(10)14)6(8(11)12)4(9)2-13-3/h2,8H,1H3. The van der Waals surface area contributed by atoms with Gasteiger partial charge in [0.1, 0.15) is 0 Å². The Bertz CT molecular complexity index is 384. The molecule has 0 aliphatic rings. The molecule has 14 heavy (non-hydrogen) atoms. The SMILES string of the molecule is Cc1ncc(Br)c(C(F)F)c1C(=O)Cl. The predicted octanol–water partition coefficient (Wildman–Crippen LogP) is 3.47. The van der Waals surface area contributed by atoms with Gasteiger partial charge in [0, 0.05) is 21.9 Å². The Hall–Kier alpha value is -0.550. The fourth-order valence-corrected chi connectivity index (χ4v) is 1.78. The highest BCUT2D eigenvalue weighted by atomic mass is 79.9. The summed E-state index contributed by atoms with van der Waals surface area (Å²) in [5.74, 6) is 0. The highest BCUT2D eigenvalue weighted by Crippen LogP contribution is 2.32. The summed E-state index contributed by atoms with van der Waals surface area (Å²) >= 11 is 8.09. The Kier molecular flexibility index (Phi) is 3.55. The van der Waals surface area contributed by atoms with Crippen molar-refractivity contribution >= 4 is 32.8 Å². The number of alkyl halides is 2. The van der Waals surface area contributed by atoms with Crippen molar-refractivity contribution in [2.24, 2.45) is 0 Å². The average Bonchev–Trinajstić information content (AvgIpc) is 2.07. The van der Waals surface area contributed by atoms with E-state index in [1.165, 1.54) is 13.1 Å². The molecule has 6 heteroatoms. The quantitative estimate of drug-likeness (QED) is 0.778. The van der Waals surface area contributed by atoms with Crippen LogP contribution in [-0.4, -0.2) is 10.2 Å². The number of aromatic nitrogens is 1. The summed E-state index contributed by atoms with van der Waals surface area (Å²) in [4.78, 5) is 14.7. The molecular weight excluding hydrogens is 279 g/mol. The smallest absolute Gasteiger partial charge is 0.265 e. The lowest BCUT2D eigenvalue weighted by molar-refractivity contribution is 0.106. The van der Waals surface area contributed by atoms with E-state index in [2.05, 4.69) is 20.9 Å². The Balaban J connectivity index is 3.50. The maximum absolute atomic E-state index is 12.6. The fraction of sp³-hybridized carbons (Fsp3) is 0.250. The Morgan fingerprint density at radius 3 is 2.57 bits per heavy atom. The fourth-order valence-electron chi connectivity index (χ4n) is 1.06. The van der Waals surface area contributed by atoms with Crippen molar-refractivity contribution in [2.75, 3.05) is 0 Å². The molecule has 0 aliphatic heterocycles. The minimum atomic E-state index is -2.76. The van der Waals surface area contributed by atoms with E-state index in [1.54, 1.807) is 0 Å². The van der Waals surface area contributed by atoms with Crippen molar-refractivity contribution < 1.29 is 13.6 Å². The van der Waals surface area contributed by atoms with E-state index in [-0.39, 0.29) is 15.7 Å². The lowest BCUT2D eigenvalue weighted by atomic mass is 10.1. The number of hydrogen-bond acceptors (Lipinski definition) is 2. The summed E-state index contributed by atoms with van der Waals surface area (Å²) in [6, 6.07) is 0. The van der Waals surface area contributed by atoms with Gasteiger partial charge in [-0.05, 0) is 34.5 Å². The largest absolute Gasteiger partial charge is 0.276 e. The molecule has 1 aromatic rings. The van der Waals surface area contributed by atoms with Gasteiger partial charge in [0.15, 0.2) is 0 Å². The van der Waals surface area contributed by atoms with Crippen LogP contribution in [0.2, 0.25) is 0 Å². The Morgan fingerprint density at radius 1 is 1.64 bits per heavy atom. The van der Waals surface area contributed by atoms with E-state index < -0.39 is 17.2 Å². The van der Waals surface area contributed by atoms with E-state index in [1.807, 2.05) is 0 Å². The molecule has 1 heterocycles. The number of hydrogen-bond donors (Lipinski definition) is 0. The number of nitrogens with zero attached hydrogens (tertiary/aromatic N) is 1. The van der Waals surface area contributed by atoms with Gasteiger partial charge in [0.25, 0.3) is 11.7 Å². The first kappa shape index (κ1) is 11.5. The molecule has 2 nitrogen and oxygen atoms in total. The first-order valence-electron chi connectivity index (χ1n) is 3.58. The van der Waals surface area contributed by atoms with Crippen molar-refractivity contribution in [3.63, 3.8) is 0 Å². The zero-order chi connectivity index (χ0) is 10.9. The summed E-state index contributed by atoms with van der Waals surface area (Å²) in [5.41, 5.74) is -0.433. The van der Waals surface area contributed by atoms with Crippen LogP contribution in [-0.2, 0) is 0 Å². The lowest BCUT2D eigenvalue weighted by Crippen LogP contribution is -2.04. The molecule has 0 amide bonds. The molecule has 0 fully saturated rings.